The Morgan fingerprint density at radius 1 is 1.60 bits per heavy atom. The van der Waals surface area contributed by atoms with Gasteiger partial charge in [-0.2, -0.15) is 0 Å². The second-order valence-electron chi connectivity index (χ2n) is 5.57. The first-order valence-electron chi connectivity index (χ1n) is 7.44. The highest BCUT2D eigenvalue weighted by Gasteiger charge is 2.28. The smallest absolute Gasteiger partial charge is 0.234 e. The molecule has 2 rings (SSSR count). The number of thiophene rings is 1. The second-order valence-corrected chi connectivity index (χ2v) is 6.60. The van der Waals surface area contributed by atoms with Gasteiger partial charge in [-0.05, 0) is 43.2 Å². The van der Waals surface area contributed by atoms with Gasteiger partial charge >= 0.3 is 0 Å². The Morgan fingerprint density at radius 3 is 3.15 bits per heavy atom. The molecule has 1 aliphatic rings. The maximum Gasteiger partial charge on any atom is 0.234 e. The van der Waals surface area contributed by atoms with Gasteiger partial charge in [0.25, 0.3) is 0 Å². The molecule has 0 aliphatic carbocycles. The molecule has 0 bridgehead atoms. The number of carbonyl (C=O) groups excluding carboxylic acids is 1. The monoisotopic (exact) mass is 295 g/mol. The van der Waals surface area contributed by atoms with Crippen LogP contribution in [0.1, 0.15) is 24.6 Å². The van der Waals surface area contributed by atoms with Crippen molar-refractivity contribution < 1.29 is 4.79 Å². The normalized spacial score (nSPS) is 23.7. The molecule has 0 saturated carbocycles. The van der Waals surface area contributed by atoms with E-state index >= 15 is 0 Å². The Labute approximate surface area is 125 Å². The van der Waals surface area contributed by atoms with Crippen molar-refractivity contribution >= 4 is 17.2 Å². The van der Waals surface area contributed by atoms with Crippen LogP contribution in [0.3, 0.4) is 0 Å². The summed E-state index contributed by atoms with van der Waals surface area (Å²) in [7, 11) is 0. The van der Waals surface area contributed by atoms with E-state index in [1.165, 1.54) is 17.7 Å². The van der Waals surface area contributed by atoms with Gasteiger partial charge in [-0.15, -0.1) is 11.3 Å². The Hall–Kier alpha value is -0.910. The zero-order valence-corrected chi connectivity index (χ0v) is 13.0. The lowest BCUT2D eigenvalue weighted by Crippen LogP contribution is -2.52. The van der Waals surface area contributed by atoms with Gasteiger partial charge in [-0.1, -0.05) is 13.0 Å². The molecule has 20 heavy (non-hydrogen) atoms. The summed E-state index contributed by atoms with van der Waals surface area (Å²) in [4.78, 5) is 15.6. The molecule has 5 heteroatoms. The predicted molar refractivity (Wildman–Crippen MR) is 83.8 cm³/mol. The van der Waals surface area contributed by atoms with Crippen LogP contribution in [0.5, 0.6) is 0 Å². The van der Waals surface area contributed by atoms with Crippen molar-refractivity contribution in [1.29, 1.82) is 0 Å². The van der Waals surface area contributed by atoms with Crippen LogP contribution in [0.15, 0.2) is 17.5 Å². The molecule has 0 aromatic carbocycles. The van der Waals surface area contributed by atoms with Crippen molar-refractivity contribution in [2.45, 2.75) is 32.2 Å². The molecule has 1 saturated heterocycles. The highest BCUT2D eigenvalue weighted by molar-refractivity contribution is 7.09. The Bertz CT molecular complexity index is 407. The molecular weight excluding hydrogens is 270 g/mol. The van der Waals surface area contributed by atoms with Gasteiger partial charge in [0.15, 0.2) is 0 Å². The van der Waals surface area contributed by atoms with Crippen LogP contribution >= 0.6 is 11.3 Å². The number of nitrogens with two attached hydrogens (primary N) is 1. The average molecular weight is 295 g/mol. The van der Waals surface area contributed by atoms with Crippen molar-refractivity contribution in [3.8, 4) is 0 Å². The summed E-state index contributed by atoms with van der Waals surface area (Å²) in [6.07, 6.45) is 3.30. The van der Waals surface area contributed by atoms with Crippen LogP contribution in [0.2, 0.25) is 0 Å². The highest BCUT2D eigenvalue weighted by atomic mass is 32.1. The molecule has 3 N–H and O–H groups in total. The van der Waals surface area contributed by atoms with Gasteiger partial charge in [-0.3, -0.25) is 9.69 Å². The summed E-state index contributed by atoms with van der Waals surface area (Å²) in [6, 6.07) is 4.50. The molecule has 1 aliphatic heterocycles. The van der Waals surface area contributed by atoms with Crippen LogP contribution in [0.4, 0.5) is 0 Å². The third-order valence-electron chi connectivity index (χ3n) is 4.09. The molecule has 112 valence electrons. The van der Waals surface area contributed by atoms with Crippen LogP contribution in [0.25, 0.3) is 0 Å². The average Bonchev–Trinajstić information content (AvgIpc) is 2.92. The summed E-state index contributed by atoms with van der Waals surface area (Å²) in [5.74, 6) is 0.710. The fourth-order valence-electron chi connectivity index (χ4n) is 2.93. The van der Waals surface area contributed by atoms with E-state index in [4.69, 9.17) is 5.73 Å². The first kappa shape index (κ1) is 15.5. The standard InChI is InChI=1S/C15H25N3OS/c1-12-4-2-8-18(14(12)10-16)11-15(19)17-7-6-13-5-3-9-20-13/h3,5,9,12,14H,2,4,6-8,10-11,16H2,1H3,(H,17,19). The van der Waals surface area contributed by atoms with E-state index in [1.54, 1.807) is 11.3 Å². The summed E-state index contributed by atoms with van der Waals surface area (Å²) in [5, 5.41) is 5.08. The Morgan fingerprint density at radius 2 is 2.45 bits per heavy atom. The predicted octanol–water partition coefficient (Wildman–Crippen LogP) is 1.47. The minimum Gasteiger partial charge on any atom is -0.355 e. The quantitative estimate of drug-likeness (QED) is 0.835. The maximum absolute atomic E-state index is 12.0. The van der Waals surface area contributed by atoms with Crippen LogP contribution < -0.4 is 11.1 Å². The lowest BCUT2D eigenvalue weighted by Gasteiger charge is -2.38. The Balaban J connectivity index is 1.72. The molecule has 1 fully saturated rings. The van der Waals surface area contributed by atoms with Crippen molar-refractivity contribution in [2.24, 2.45) is 11.7 Å². The zero-order chi connectivity index (χ0) is 14.4. The number of piperidine rings is 1. The van der Waals surface area contributed by atoms with E-state index in [-0.39, 0.29) is 5.91 Å². The van der Waals surface area contributed by atoms with Crippen molar-refractivity contribution in [1.82, 2.24) is 10.2 Å². The molecule has 1 aromatic heterocycles. The maximum atomic E-state index is 12.0. The third kappa shape index (κ3) is 4.30. The molecule has 4 nitrogen and oxygen atoms in total. The molecule has 2 atom stereocenters. The van der Waals surface area contributed by atoms with E-state index in [1.807, 2.05) is 6.07 Å². The fraction of sp³-hybridized carbons (Fsp3) is 0.667. The number of amides is 1. The molecule has 2 heterocycles. The van der Waals surface area contributed by atoms with Crippen LogP contribution in [-0.2, 0) is 11.2 Å². The number of rotatable bonds is 6. The summed E-state index contributed by atoms with van der Waals surface area (Å²) < 4.78 is 0. The van der Waals surface area contributed by atoms with E-state index < -0.39 is 0 Å². The van der Waals surface area contributed by atoms with Gasteiger partial charge in [0.05, 0.1) is 6.54 Å². The van der Waals surface area contributed by atoms with Crippen molar-refractivity contribution in [3.63, 3.8) is 0 Å². The van der Waals surface area contributed by atoms with Crippen molar-refractivity contribution in [2.75, 3.05) is 26.2 Å². The largest absolute Gasteiger partial charge is 0.355 e. The van der Waals surface area contributed by atoms with E-state index in [0.717, 1.165) is 19.5 Å². The van der Waals surface area contributed by atoms with Crippen molar-refractivity contribution in [3.05, 3.63) is 22.4 Å². The number of hydrogen-bond donors (Lipinski definition) is 2. The molecule has 0 radical (unpaired) electrons. The first-order chi connectivity index (χ1) is 9.70. The minimum absolute atomic E-state index is 0.120. The van der Waals surface area contributed by atoms with Gasteiger partial charge in [0.2, 0.25) is 5.91 Å². The lowest BCUT2D eigenvalue weighted by molar-refractivity contribution is -0.123. The first-order valence-corrected chi connectivity index (χ1v) is 8.32. The molecule has 1 aromatic rings. The number of likely N-dealkylation sites (tertiary alicyclic amines) is 1. The summed E-state index contributed by atoms with van der Waals surface area (Å²) >= 11 is 1.74. The van der Waals surface area contributed by atoms with Gasteiger partial charge in [0, 0.05) is 24.0 Å². The van der Waals surface area contributed by atoms with E-state index in [9.17, 15) is 4.79 Å². The number of carbonyl (C=O) groups is 1. The molecule has 0 spiro atoms. The van der Waals surface area contributed by atoms with Crippen LogP contribution in [-0.4, -0.2) is 43.0 Å². The van der Waals surface area contributed by atoms with E-state index in [0.29, 0.717) is 25.0 Å². The van der Waals surface area contributed by atoms with Gasteiger partial charge in [-0.25, -0.2) is 0 Å². The fourth-order valence-corrected chi connectivity index (χ4v) is 3.64. The lowest BCUT2D eigenvalue weighted by atomic mass is 9.91. The minimum atomic E-state index is 0.120. The number of hydrogen-bond acceptors (Lipinski definition) is 4. The number of nitrogens with one attached hydrogen (secondary N) is 1. The zero-order valence-electron chi connectivity index (χ0n) is 12.2. The molecule has 1 amide bonds. The van der Waals surface area contributed by atoms with Gasteiger partial charge < -0.3 is 11.1 Å². The third-order valence-corrected chi connectivity index (χ3v) is 5.03. The molecule has 2 unspecified atom stereocenters. The summed E-state index contributed by atoms with van der Waals surface area (Å²) in [5.41, 5.74) is 5.85. The summed E-state index contributed by atoms with van der Waals surface area (Å²) in [6.45, 7) is 5.07. The second kappa shape index (κ2) is 7.76. The Kier molecular flexibility index (Phi) is 6.01. The topological polar surface area (TPSA) is 58.4 Å². The SMILES string of the molecule is CC1CCCN(CC(=O)NCCc2cccs2)C1CN. The van der Waals surface area contributed by atoms with Crippen LogP contribution in [0, 0.1) is 5.92 Å². The number of nitrogens with zero attached hydrogens (tertiary/aromatic N) is 1. The van der Waals surface area contributed by atoms with E-state index in [2.05, 4.69) is 28.6 Å². The van der Waals surface area contributed by atoms with Gasteiger partial charge in [0.1, 0.15) is 0 Å². The molecular formula is C15H25N3OS. The highest BCUT2D eigenvalue weighted by Crippen LogP contribution is 2.22.